The molecule has 0 aliphatic carbocycles. The Labute approximate surface area is 132 Å². The summed E-state index contributed by atoms with van der Waals surface area (Å²) in [6.07, 6.45) is 1.85. The molecule has 1 N–H and O–H groups in total. The molecule has 0 fully saturated rings. The van der Waals surface area contributed by atoms with Gasteiger partial charge in [-0.25, -0.2) is 0 Å². The monoisotopic (exact) mass is 312 g/mol. The highest BCUT2D eigenvalue weighted by molar-refractivity contribution is 5.77. The molecule has 0 bridgehead atoms. The SMILES string of the molecule is COc1ccccc1OCC(=O)NCc1nnc2ccccn12. The van der Waals surface area contributed by atoms with Crippen LogP contribution in [-0.4, -0.2) is 34.2 Å². The van der Waals surface area contributed by atoms with Crippen LogP contribution in [0.3, 0.4) is 0 Å². The molecule has 1 aromatic carbocycles. The van der Waals surface area contributed by atoms with Crippen molar-refractivity contribution < 1.29 is 14.3 Å². The van der Waals surface area contributed by atoms with Crippen molar-refractivity contribution in [3.05, 3.63) is 54.5 Å². The number of carbonyl (C=O) groups excluding carboxylic acids is 1. The fourth-order valence-electron chi connectivity index (χ4n) is 2.12. The lowest BCUT2D eigenvalue weighted by atomic mass is 10.3. The van der Waals surface area contributed by atoms with E-state index in [0.717, 1.165) is 5.65 Å². The van der Waals surface area contributed by atoms with Gasteiger partial charge >= 0.3 is 0 Å². The van der Waals surface area contributed by atoms with E-state index in [9.17, 15) is 4.79 Å². The second-order valence-electron chi connectivity index (χ2n) is 4.76. The second-order valence-corrected chi connectivity index (χ2v) is 4.76. The lowest BCUT2D eigenvalue weighted by molar-refractivity contribution is -0.123. The van der Waals surface area contributed by atoms with Crippen LogP contribution in [0.1, 0.15) is 5.82 Å². The molecule has 0 radical (unpaired) electrons. The Bertz CT molecular complexity index is 816. The van der Waals surface area contributed by atoms with E-state index in [-0.39, 0.29) is 19.1 Å². The molecule has 7 nitrogen and oxygen atoms in total. The zero-order chi connectivity index (χ0) is 16.1. The van der Waals surface area contributed by atoms with Gasteiger partial charge in [0.1, 0.15) is 0 Å². The fourth-order valence-corrected chi connectivity index (χ4v) is 2.12. The zero-order valence-corrected chi connectivity index (χ0v) is 12.6. The van der Waals surface area contributed by atoms with E-state index in [1.54, 1.807) is 19.2 Å². The van der Waals surface area contributed by atoms with Gasteiger partial charge in [0.25, 0.3) is 5.91 Å². The van der Waals surface area contributed by atoms with Crippen molar-refractivity contribution in [2.45, 2.75) is 6.54 Å². The molecule has 0 aliphatic rings. The largest absolute Gasteiger partial charge is 0.493 e. The first-order chi connectivity index (χ1) is 11.3. The number of pyridine rings is 1. The molecule has 0 unspecified atom stereocenters. The molecule has 7 heteroatoms. The summed E-state index contributed by atoms with van der Waals surface area (Å²) in [6, 6.07) is 12.8. The smallest absolute Gasteiger partial charge is 0.258 e. The molecule has 3 rings (SSSR count). The van der Waals surface area contributed by atoms with Crippen molar-refractivity contribution in [1.82, 2.24) is 19.9 Å². The number of nitrogens with zero attached hydrogens (tertiary/aromatic N) is 3. The molecule has 1 amide bonds. The predicted octanol–water partition coefficient (Wildman–Crippen LogP) is 1.43. The van der Waals surface area contributed by atoms with Crippen molar-refractivity contribution >= 4 is 11.6 Å². The number of hydrogen-bond donors (Lipinski definition) is 1. The standard InChI is InChI=1S/C16H16N4O3/c1-22-12-6-2-3-7-13(12)23-11-16(21)17-10-15-19-18-14-8-4-5-9-20(14)15/h2-9H,10-11H2,1H3,(H,17,21). The number of methoxy groups -OCH3 is 1. The van der Waals surface area contributed by atoms with Gasteiger partial charge < -0.3 is 14.8 Å². The highest BCUT2D eigenvalue weighted by atomic mass is 16.5. The molecule has 118 valence electrons. The summed E-state index contributed by atoms with van der Waals surface area (Å²) in [7, 11) is 1.55. The van der Waals surface area contributed by atoms with E-state index in [1.165, 1.54) is 0 Å². The first-order valence-electron chi connectivity index (χ1n) is 7.09. The highest BCUT2D eigenvalue weighted by Crippen LogP contribution is 2.25. The maximum absolute atomic E-state index is 11.9. The third kappa shape index (κ3) is 3.39. The van der Waals surface area contributed by atoms with Crippen molar-refractivity contribution in [3.63, 3.8) is 0 Å². The van der Waals surface area contributed by atoms with Crippen molar-refractivity contribution in [2.75, 3.05) is 13.7 Å². The van der Waals surface area contributed by atoms with Crippen LogP contribution >= 0.6 is 0 Å². The van der Waals surface area contributed by atoms with Gasteiger partial charge in [-0.05, 0) is 24.3 Å². The molecular formula is C16H16N4O3. The first-order valence-corrected chi connectivity index (χ1v) is 7.09. The topological polar surface area (TPSA) is 77.8 Å². The van der Waals surface area contributed by atoms with Crippen LogP contribution in [-0.2, 0) is 11.3 Å². The Balaban J connectivity index is 1.56. The summed E-state index contributed by atoms with van der Waals surface area (Å²) in [5.74, 6) is 1.52. The van der Waals surface area contributed by atoms with E-state index in [1.807, 2.05) is 40.9 Å². The average Bonchev–Trinajstić information content (AvgIpc) is 3.01. The molecule has 0 saturated carbocycles. The fraction of sp³-hybridized carbons (Fsp3) is 0.188. The molecular weight excluding hydrogens is 296 g/mol. The number of aromatic nitrogens is 3. The Morgan fingerprint density at radius 3 is 2.74 bits per heavy atom. The Morgan fingerprint density at radius 1 is 1.13 bits per heavy atom. The minimum absolute atomic E-state index is 0.100. The summed E-state index contributed by atoms with van der Waals surface area (Å²) in [5, 5.41) is 10.8. The Kier molecular flexibility index (Phi) is 4.37. The Morgan fingerprint density at radius 2 is 1.91 bits per heavy atom. The minimum atomic E-state index is -0.247. The molecule has 2 aromatic heterocycles. The molecule has 0 aliphatic heterocycles. The van der Waals surface area contributed by atoms with Crippen LogP contribution in [0, 0.1) is 0 Å². The minimum Gasteiger partial charge on any atom is -0.493 e. The van der Waals surface area contributed by atoms with Crippen LogP contribution in [0.15, 0.2) is 48.7 Å². The number of carbonyl (C=O) groups is 1. The average molecular weight is 312 g/mol. The van der Waals surface area contributed by atoms with Crippen LogP contribution in [0.4, 0.5) is 0 Å². The molecule has 0 saturated heterocycles. The lowest BCUT2D eigenvalue weighted by Crippen LogP contribution is -2.29. The summed E-state index contributed by atoms with van der Waals surface area (Å²) in [5.41, 5.74) is 0.738. The maximum atomic E-state index is 11.9. The van der Waals surface area contributed by atoms with Gasteiger partial charge in [0, 0.05) is 6.20 Å². The first kappa shape index (κ1) is 14.8. The molecule has 0 atom stereocenters. The number of ether oxygens (including phenoxy) is 2. The zero-order valence-electron chi connectivity index (χ0n) is 12.6. The number of amides is 1. The van der Waals surface area contributed by atoms with Gasteiger partial charge in [-0.3, -0.25) is 9.20 Å². The van der Waals surface area contributed by atoms with Gasteiger partial charge in [0.2, 0.25) is 0 Å². The van der Waals surface area contributed by atoms with Gasteiger partial charge in [-0.2, -0.15) is 0 Å². The number of fused-ring (bicyclic) bond motifs is 1. The normalized spacial score (nSPS) is 10.5. The van der Waals surface area contributed by atoms with E-state index < -0.39 is 0 Å². The summed E-state index contributed by atoms with van der Waals surface area (Å²) in [6.45, 7) is 0.177. The second kappa shape index (κ2) is 6.78. The summed E-state index contributed by atoms with van der Waals surface area (Å²) in [4.78, 5) is 11.9. The van der Waals surface area contributed by atoms with Crippen LogP contribution in [0.2, 0.25) is 0 Å². The third-order valence-electron chi connectivity index (χ3n) is 3.26. The van der Waals surface area contributed by atoms with Gasteiger partial charge in [0.05, 0.1) is 13.7 Å². The van der Waals surface area contributed by atoms with Gasteiger partial charge in [0.15, 0.2) is 29.6 Å². The number of para-hydroxylation sites is 2. The van der Waals surface area contributed by atoms with Crippen LogP contribution in [0.5, 0.6) is 11.5 Å². The van der Waals surface area contributed by atoms with E-state index in [0.29, 0.717) is 17.3 Å². The lowest BCUT2D eigenvalue weighted by Gasteiger charge is -2.10. The van der Waals surface area contributed by atoms with Gasteiger partial charge in [-0.1, -0.05) is 18.2 Å². The maximum Gasteiger partial charge on any atom is 0.258 e. The van der Waals surface area contributed by atoms with E-state index in [2.05, 4.69) is 15.5 Å². The molecule has 0 spiro atoms. The number of benzene rings is 1. The van der Waals surface area contributed by atoms with Crippen molar-refractivity contribution in [3.8, 4) is 11.5 Å². The van der Waals surface area contributed by atoms with Crippen molar-refractivity contribution in [2.24, 2.45) is 0 Å². The number of hydrogen-bond acceptors (Lipinski definition) is 5. The van der Waals surface area contributed by atoms with Gasteiger partial charge in [-0.15, -0.1) is 10.2 Å². The van der Waals surface area contributed by atoms with Crippen LogP contribution in [0.25, 0.3) is 5.65 Å². The number of rotatable bonds is 6. The number of nitrogens with one attached hydrogen (secondary N) is 1. The van der Waals surface area contributed by atoms with E-state index >= 15 is 0 Å². The quantitative estimate of drug-likeness (QED) is 0.745. The molecule has 3 aromatic rings. The van der Waals surface area contributed by atoms with E-state index in [4.69, 9.17) is 9.47 Å². The molecule has 2 heterocycles. The Hall–Kier alpha value is -3.09. The van der Waals surface area contributed by atoms with Crippen LogP contribution < -0.4 is 14.8 Å². The van der Waals surface area contributed by atoms with Crippen molar-refractivity contribution in [1.29, 1.82) is 0 Å². The summed E-state index contributed by atoms with van der Waals surface area (Å²) >= 11 is 0. The third-order valence-corrected chi connectivity index (χ3v) is 3.26. The predicted molar refractivity (Wildman–Crippen MR) is 83.3 cm³/mol. The summed E-state index contributed by atoms with van der Waals surface area (Å²) < 4.78 is 12.5. The highest BCUT2D eigenvalue weighted by Gasteiger charge is 2.09. The molecule has 23 heavy (non-hydrogen) atoms.